The summed E-state index contributed by atoms with van der Waals surface area (Å²) in [7, 11) is 0. The van der Waals surface area contributed by atoms with Crippen molar-refractivity contribution in [2.75, 3.05) is 19.6 Å². The molecule has 1 aromatic rings. The number of hydrogen-bond acceptors (Lipinski definition) is 3. The summed E-state index contributed by atoms with van der Waals surface area (Å²) in [5.41, 5.74) is 0.441. The van der Waals surface area contributed by atoms with Crippen molar-refractivity contribution in [3.63, 3.8) is 0 Å². The van der Waals surface area contributed by atoms with E-state index in [1.807, 2.05) is 33.8 Å². The van der Waals surface area contributed by atoms with E-state index >= 15 is 0 Å². The molecule has 23 heavy (non-hydrogen) atoms. The SMILES string of the molecule is C[C@H]1CN(Cc2cc(F)cc(Br)c2)CCN1C(=O)OC(C)(C)C. The molecule has 0 radical (unpaired) electrons. The number of nitrogens with zero attached hydrogens (tertiary/aromatic N) is 2. The van der Waals surface area contributed by atoms with Gasteiger partial charge in [-0.25, -0.2) is 9.18 Å². The minimum atomic E-state index is -0.484. The van der Waals surface area contributed by atoms with Crippen LogP contribution >= 0.6 is 15.9 Å². The fourth-order valence-corrected chi connectivity index (χ4v) is 3.24. The predicted molar refractivity (Wildman–Crippen MR) is 91.8 cm³/mol. The number of ether oxygens (including phenoxy) is 1. The summed E-state index contributed by atoms with van der Waals surface area (Å²) in [6.45, 7) is 10.4. The highest BCUT2D eigenvalue weighted by Gasteiger charge is 2.30. The Bertz CT molecular complexity index is 554. The Morgan fingerprint density at radius 3 is 2.61 bits per heavy atom. The summed E-state index contributed by atoms with van der Waals surface area (Å²) in [6.07, 6.45) is -0.266. The van der Waals surface area contributed by atoms with Gasteiger partial charge in [0, 0.05) is 36.7 Å². The lowest BCUT2D eigenvalue weighted by molar-refractivity contribution is 0.000558. The normalized spacial score (nSPS) is 19.7. The van der Waals surface area contributed by atoms with Gasteiger partial charge in [-0.3, -0.25) is 4.90 Å². The van der Waals surface area contributed by atoms with Crippen molar-refractivity contribution >= 4 is 22.0 Å². The molecule has 1 aromatic carbocycles. The Hall–Kier alpha value is -1.14. The molecule has 0 spiro atoms. The van der Waals surface area contributed by atoms with Crippen molar-refractivity contribution in [1.82, 2.24) is 9.80 Å². The fraction of sp³-hybridized carbons (Fsp3) is 0.588. The molecule has 1 atom stereocenters. The van der Waals surface area contributed by atoms with Crippen molar-refractivity contribution in [2.24, 2.45) is 0 Å². The predicted octanol–water partition coefficient (Wildman–Crippen LogP) is 4.03. The number of benzene rings is 1. The average molecular weight is 387 g/mol. The van der Waals surface area contributed by atoms with Crippen LogP contribution in [0.2, 0.25) is 0 Å². The Balaban J connectivity index is 1.94. The standard InChI is InChI=1S/C17H24BrFN2O2/c1-12-10-20(11-13-7-14(18)9-15(19)8-13)5-6-21(12)16(22)23-17(2,3)4/h7-9,12H,5-6,10-11H2,1-4H3/t12-/m0/s1. The Labute approximate surface area is 145 Å². The molecule has 1 heterocycles. The van der Waals surface area contributed by atoms with Gasteiger partial charge in [-0.1, -0.05) is 15.9 Å². The molecule has 2 rings (SSSR count). The molecule has 1 aliphatic rings. The van der Waals surface area contributed by atoms with Crippen LogP contribution in [-0.4, -0.2) is 47.2 Å². The van der Waals surface area contributed by atoms with Crippen molar-refractivity contribution < 1.29 is 13.9 Å². The number of carbonyl (C=O) groups excluding carboxylic acids is 1. The van der Waals surface area contributed by atoms with Crippen molar-refractivity contribution in [3.8, 4) is 0 Å². The quantitative estimate of drug-likeness (QED) is 0.768. The van der Waals surface area contributed by atoms with E-state index in [9.17, 15) is 9.18 Å². The van der Waals surface area contributed by atoms with E-state index in [4.69, 9.17) is 4.74 Å². The Morgan fingerprint density at radius 1 is 1.35 bits per heavy atom. The van der Waals surface area contributed by atoms with Crippen LogP contribution in [0.1, 0.15) is 33.3 Å². The minimum Gasteiger partial charge on any atom is -0.444 e. The van der Waals surface area contributed by atoms with Crippen molar-refractivity contribution in [3.05, 3.63) is 34.1 Å². The third-order valence-corrected chi connectivity index (χ3v) is 4.13. The van der Waals surface area contributed by atoms with Crippen LogP contribution in [-0.2, 0) is 11.3 Å². The summed E-state index contributed by atoms with van der Waals surface area (Å²) in [6, 6.07) is 4.99. The molecule has 1 amide bonds. The van der Waals surface area contributed by atoms with Gasteiger partial charge >= 0.3 is 6.09 Å². The number of amides is 1. The summed E-state index contributed by atoms with van der Waals surface area (Å²) < 4.78 is 19.7. The molecular weight excluding hydrogens is 363 g/mol. The maximum Gasteiger partial charge on any atom is 0.410 e. The molecule has 128 valence electrons. The molecule has 0 bridgehead atoms. The Kier molecular flexibility index (Phi) is 5.68. The van der Waals surface area contributed by atoms with Gasteiger partial charge in [0.05, 0.1) is 0 Å². The summed E-state index contributed by atoms with van der Waals surface area (Å²) in [5, 5.41) is 0. The lowest BCUT2D eigenvalue weighted by Gasteiger charge is -2.40. The second-order valence-corrected chi connectivity index (χ2v) is 7.95. The second-order valence-electron chi connectivity index (χ2n) is 7.04. The first-order valence-electron chi connectivity index (χ1n) is 7.81. The molecule has 0 aliphatic carbocycles. The summed E-state index contributed by atoms with van der Waals surface area (Å²) in [5.74, 6) is -0.241. The fourth-order valence-electron chi connectivity index (χ4n) is 2.73. The number of rotatable bonds is 2. The second kappa shape index (κ2) is 7.18. The van der Waals surface area contributed by atoms with Gasteiger partial charge in [-0.15, -0.1) is 0 Å². The maximum absolute atomic E-state index is 13.5. The third-order valence-electron chi connectivity index (χ3n) is 3.67. The van der Waals surface area contributed by atoms with Gasteiger partial charge in [0.25, 0.3) is 0 Å². The largest absolute Gasteiger partial charge is 0.444 e. The molecule has 0 N–H and O–H groups in total. The zero-order chi connectivity index (χ0) is 17.2. The highest BCUT2D eigenvalue weighted by molar-refractivity contribution is 9.10. The first kappa shape index (κ1) is 18.2. The third kappa shape index (κ3) is 5.46. The van der Waals surface area contributed by atoms with Crippen LogP contribution in [0.25, 0.3) is 0 Å². The van der Waals surface area contributed by atoms with Crippen LogP contribution in [0.3, 0.4) is 0 Å². The van der Waals surface area contributed by atoms with E-state index in [0.29, 0.717) is 13.1 Å². The number of piperazine rings is 1. The van der Waals surface area contributed by atoms with E-state index < -0.39 is 5.60 Å². The molecule has 6 heteroatoms. The Morgan fingerprint density at radius 2 is 2.04 bits per heavy atom. The molecule has 0 saturated carbocycles. The van der Waals surface area contributed by atoms with E-state index in [-0.39, 0.29) is 18.0 Å². The zero-order valence-corrected chi connectivity index (χ0v) is 15.7. The molecule has 1 aliphatic heterocycles. The lowest BCUT2D eigenvalue weighted by Crippen LogP contribution is -2.54. The van der Waals surface area contributed by atoms with Gasteiger partial charge in [0.1, 0.15) is 11.4 Å². The highest BCUT2D eigenvalue weighted by atomic mass is 79.9. The number of hydrogen-bond donors (Lipinski definition) is 0. The van der Waals surface area contributed by atoms with Crippen LogP contribution < -0.4 is 0 Å². The molecule has 0 unspecified atom stereocenters. The van der Waals surface area contributed by atoms with E-state index in [1.165, 1.54) is 6.07 Å². The van der Waals surface area contributed by atoms with Gasteiger partial charge in [0.15, 0.2) is 0 Å². The van der Waals surface area contributed by atoms with Crippen LogP contribution in [0.4, 0.5) is 9.18 Å². The van der Waals surface area contributed by atoms with Crippen LogP contribution in [0.5, 0.6) is 0 Å². The number of carbonyl (C=O) groups is 1. The molecular formula is C17H24BrFN2O2. The molecule has 1 saturated heterocycles. The van der Waals surface area contributed by atoms with Crippen LogP contribution in [0.15, 0.2) is 22.7 Å². The number of halogens is 2. The maximum atomic E-state index is 13.5. The van der Waals surface area contributed by atoms with Crippen molar-refractivity contribution in [1.29, 1.82) is 0 Å². The zero-order valence-electron chi connectivity index (χ0n) is 14.1. The smallest absolute Gasteiger partial charge is 0.410 e. The topological polar surface area (TPSA) is 32.8 Å². The molecule has 0 aromatic heterocycles. The summed E-state index contributed by atoms with van der Waals surface area (Å²) in [4.78, 5) is 16.2. The molecule has 1 fully saturated rings. The highest BCUT2D eigenvalue weighted by Crippen LogP contribution is 2.20. The minimum absolute atomic E-state index is 0.0654. The van der Waals surface area contributed by atoms with E-state index in [1.54, 1.807) is 11.0 Å². The van der Waals surface area contributed by atoms with Gasteiger partial charge < -0.3 is 9.64 Å². The van der Waals surface area contributed by atoms with E-state index in [2.05, 4.69) is 20.8 Å². The first-order valence-corrected chi connectivity index (χ1v) is 8.60. The summed E-state index contributed by atoms with van der Waals surface area (Å²) >= 11 is 3.32. The first-order chi connectivity index (χ1) is 10.6. The van der Waals surface area contributed by atoms with Crippen molar-refractivity contribution in [2.45, 2.75) is 45.9 Å². The van der Waals surface area contributed by atoms with Gasteiger partial charge in [-0.05, 0) is 51.5 Å². The average Bonchev–Trinajstić information content (AvgIpc) is 2.34. The van der Waals surface area contributed by atoms with E-state index in [0.717, 1.165) is 23.1 Å². The lowest BCUT2D eigenvalue weighted by atomic mass is 10.1. The monoisotopic (exact) mass is 386 g/mol. The van der Waals surface area contributed by atoms with Crippen LogP contribution in [0, 0.1) is 5.82 Å². The van der Waals surface area contributed by atoms with Gasteiger partial charge in [-0.2, -0.15) is 0 Å². The van der Waals surface area contributed by atoms with Gasteiger partial charge in [0.2, 0.25) is 0 Å². The molecule has 4 nitrogen and oxygen atoms in total.